The van der Waals surface area contributed by atoms with Gasteiger partial charge in [0.2, 0.25) is 0 Å². The van der Waals surface area contributed by atoms with Crippen molar-refractivity contribution in [1.29, 1.82) is 0 Å². The van der Waals surface area contributed by atoms with Gasteiger partial charge in [-0.05, 0) is 42.8 Å². The fraction of sp³-hybridized carbons (Fsp3) is 0.0667. The zero-order chi connectivity index (χ0) is 15.6. The van der Waals surface area contributed by atoms with Crippen LogP contribution in [0.25, 0.3) is 0 Å². The lowest BCUT2D eigenvalue weighted by molar-refractivity contribution is 0.0691. The largest absolute Gasteiger partial charge is 0.478 e. The second-order valence-electron chi connectivity index (χ2n) is 4.54. The molecule has 0 aromatic heterocycles. The van der Waals surface area contributed by atoms with Gasteiger partial charge in [0, 0.05) is 5.69 Å². The van der Waals surface area contributed by atoms with Crippen LogP contribution in [0.2, 0.25) is 0 Å². The van der Waals surface area contributed by atoms with Crippen LogP contribution in [0.5, 0.6) is 0 Å². The van der Waals surface area contributed by atoms with E-state index in [1.807, 2.05) is 6.92 Å². The Morgan fingerprint density at radius 3 is 2.38 bits per heavy atom. The summed E-state index contributed by atoms with van der Waals surface area (Å²) in [6.45, 7) is 1.84. The van der Waals surface area contributed by atoms with Gasteiger partial charge in [0.25, 0.3) is 5.91 Å². The molecular weight excluding hydrogens is 275 g/mol. The molecule has 0 unspecified atom stereocenters. The summed E-state index contributed by atoms with van der Waals surface area (Å²) in [5, 5.41) is 11.6. The maximum atomic E-state index is 13.6. The van der Waals surface area contributed by atoms with Crippen molar-refractivity contribution in [3.05, 3.63) is 58.9 Å². The molecule has 2 rings (SSSR count). The quantitative estimate of drug-likeness (QED) is 0.806. The second-order valence-corrected chi connectivity index (χ2v) is 4.54. The standard InChI is InChI=1S/C15H13FN2O3/c1-8-2-4-11(14(17)19)13(6-8)18-9-3-5-10(15(20)21)12(16)7-9/h2-7,18H,1H3,(H2,17,19)(H,20,21). The number of amides is 1. The maximum Gasteiger partial charge on any atom is 0.338 e. The number of halogens is 1. The predicted molar refractivity (Wildman–Crippen MR) is 76.3 cm³/mol. The third kappa shape index (κ3) is 3.17. The number of nitrogens with two attached hydrogens (primary N) is 1. The van der Waals surface area contributed by atoms with E-state index in [0.717, 1.165) is 17.7 Å². The van der Waals surface area contributed by atoms with E-state index in [-0.39, 0.29) is 5.56 Å². The van der Waals surface area contributed by atoms with Crippen LogP contribution in [0.4, 0.5) is 15.8 Å². The molecule has 4 N–H and O–H groups in total. The van der Waals surface area contributed by atoms with E-state index < -0.39 is 23.3 Å². The van der Waals surface area contributed by atoms with E-state index in [1.165, 1.54) is 6.07 Å². The highest BCUT2D eigenvalue weighted by molar-refractivity contribution is 5.99. The lowest BCUT2D eigenvalue weighted by Crippen LogP contribution is -2.13. The van der Waals surface area contributed by atoms with Crippen LogP contribution >= 0.6 is 0 Å². The fourth-order valence-corrected chi connectivity index (χ4v) is 1.90. The van der Waals surface area contributed by atoms with E-state index in [0.29, 0.717) is 11.4 Å². The molecule has 2 aromatic carbocycles. The van der Waals surface area contributed by atoms with Crippen LogP contribution in [-0.4, -0.2) is 17.0 Å². The molecule has 0 heterocycles. The van der Waals surface area contributed by atoms with Gasteiger partial charge in [0.1, 0.15) is 5.82 Å². The Hall–Kier alpha value is -2.89. The number of hydrogen-bond acceptors (Lipinski definition) is 3. The number of carboxylic acid groups (broad SMARTS) is 1. The van der Waals surface area contributed by atoms with Crippen molar-refractivity contribution in [2.24, 2.45) is 5.73 Å². The van der Waals surface area contributed by atoms with Crippen molar-refractivity contribution in [1.82, 2.24) is 0 Å². The van der Waals surface area contributed by atoms with Gasteiger partial charge in [-0.1, -0.05) is 6.07 Å². The molecule has 0 aliphatic heterocycles. The van der Waals surface area contributed by atoms with Gasteiger partial charge in [0.05, 0.1) is 16.8 Å². The Morgan fingerprint density at radius 1 is 1.14 bits per heavy atom. The molecule has 0 atom stereocenters. The number of primary amides is 1. The summed E-state index contributed by atoms with van der Waals surface area (Å²) < 4.78 is 13.6. The first-order valence-corrected chi connectivity index (χ1v) is 6.09. The van der Waals surface area contributed by atoms with Gasteiger partial charge in [-0.15, -0.1) is 0 Å². The summed E-state index contributed by atoms with van der Waals surface area (Å²) >= 11 is 0. The summed E-state index contributed by atoms with van der Waals surface area (Å²) in [4.78, 5) is 22.1. The van der Waals surface area contributed by atoms with Crippen molar-refractivity contribution < 1.29 is 19.1 Å². The molecule has 1 amide bonds. The van der Waals surface area contributed by atoms with Gasteiger partial charge in [-0.3, -0.25) is 4.79 Å². The summed E-state index contributed by atoms with van der Waals surface area (Å²) in [5.41, 5.74) is 6.78. The average Bonchev–Trinajstić information content (AvgIpc) is 2.37. The lowest BCUT2D eigenvalue weighted by atomic mass is 10.1. The van der Waals surface area contributed by atoms with Crippen molar-refractivity contribution in [3.63, 3.8) is 0 Å². The van der Waals surface area contributed by atoms with E-state index in [1.54, 1.807) is 18.2 Å². The van der Waals surface area contributed by atoms with E-state index in [4.69, 9.17) is 10.8 Å². The number of hydrogen-bond donors (Lipinski definition) is 3. The molecule has 0 spiro atoms. The van der Waals surface area contributed by atoms with Crippen LogP contribution < -0.4 is 11.1 Å². The van der Waals surface area contributed by atoms with Crippen LogP contribution in [0, 0.1) is 12.7 Å². The van der Waals surface area contributed by atoms with Gasteiger partial charge >= 0.3 is 5.97 Å². The first-order chi connectivity index (χ1) is 9.88. The van der Waals surface area contributed by atoms with Gasteiger partial charge in [-0.2, -0.15) is 0 Å². The van der Waals surface area contributed by atoms with Crippen molar-refractivity contribution in [3.8, 4) is 0 Å². The molecule has 0 saturated carbocycles. The Bertz CT molecular complexity index is 729. The minimum Gasteiger partial charge on any atom is -0.478 e. The number of anilines is 2. The smallest absolute Gasteiger partial charge is 0.338 e. The Morgan fingerprint density at radius 2 is 1.81 bits per heavy atom. The Balaban J connectivity index is 2.38. The fourth-order valence-electron chi connectivity index (χ4n) is 1.90. The van der Waals surface area contributed by atoms with Gasteiger partial charge < -0.3 is 16.2 Å². The van der Waals surface area contributed by atoms with Crippen LogP contribution in [-0.2, 0) is 0 Å². The molecule has 0 radical (unpaired) electrons. The monoisotopic (exact) mass is 288 g/mol. The van der Waals surface area contributed by atoms with Gasteiger partial charge in [-0.25, -0.2) is 9.18 Å². The number of aryl methyl sites for hydroxylation is 1. The average molecular weight is 288 g/mol. The van der Waals surface area contributed by atoms with E-state index >= 15 is 0 Å². The molecule has 2 aromatic rings. The second kappa shape index (κ2) is 5.62. The van der Waals surface area contributed by atoms with Crippen LogP contribution in [0.3, 0.4) is 0 Å². The highest BCUT2D eigenvalue weighted by Crippen LogP contribution is 2.23. The first kappa shape index (κ1) is 14.5. The Kier molecular flexibility index (Phi) is 3.89. The summed E-state index contributed by atoms with van der Waals surface area (Å²) in [5.74, 6) is -2.81. The summed E-state index contributed by atoms with van der Waals surface area (Å²) in [6.07, 6.45) is 0. The molecule has 21 heavy (non-hydrogen) atoms. The third-order valence-electron chi connectivity index (χ3n) is 2.92. The van der Waals surface area contributed by atoms with Crippen LogP contribution in [0.15, 0.2) is 36.4 Å². The van der Waals surface area contributed by atoms with Gasteiger partial charge in [0.15, 0.2) is 0 Å². The maximum absolute atomic E-state index is 13.6. The zero-order valence-electron chi connectivity index (χ0n) is 11.2. The number of benzene rings is 2. The Labute approximate surface area is 120 Å². The molecule has 0 bridgehead atoms. The van der Waals surface area contributed by atoms with Crippen LogP contribution in [0.1, 0.15) is 26.3 Å². The number of carbonyl (C=O) groups is 2. The molecule has 108 valence electrons. The molecule has 6 heteroatoms. The minimum absolute atomic E-state index is 0.267. The minimum atomic E-state index is -1.34. The molecule has 0 fully saturated rings. The number of aromatic carboxylic acids is 1. The highest BCUT2D eigenvalue weighted by Gasteiger charge is 2.12. The topological polar surface area (TPSA) is 92.4 Å². The zero-order valence-corrected chi connectivity index (χ0v) is 11.2. The summed E-state index contributed by atoms with van der Waals surface area (Å²) in [7, 11) is 0. The molecular formula is C15H13FN2O3. The molecule has 0 saturated heterocycles. The van der Waals surface area contributed by atoms with Crippen molar-refractivity contribution >= 4 is 23.3 Å². The first-order valence-electron chi connectivity index (χ1n) is 6.09. The molecule has 5 nitrogen and oxygen atoms in total. The lowest BCUT2D eigenvalue weighted by Gasteiger charge is -2.11. The number of nitrogens with one attached hydrogen (secondary N) is 1. The number of carbonyl (C=O) groups excluding carboxylic acids is 1. The highest BCUT2D eigenvalue weighted by atomic mass is 19.1. The van der Waals surface area contributed by atoms with Crippen molar-refractivity contribution in [2.75, 3.05) is 5.32 Å². The molecule has 0 aliphatic rings. The third-order valence-corrected chi connectivity index (χ3v) is 2.92. The summed E-state index contributed by atoms with van der Waals surface area (Å²) in [6, 6.07) is 8.63. The number of rotatable bonds is 4. The predicted octanol–water partition coefficient (Wildman–Crippen LogP) is 2.67. The van der Waals surface area contributed by atoms with E-state index in [2.05, 4.69) is 5.32 Å². The number of carboxylic acids is 1. The van der Waals surface area contributed by atoms with Crippen molar-refractivity contribution in [2.45, 2.75) is 6.92 Å². The molecule has 0 aliphatic carbocycles. The normalized spacial score (nSPS) is 10.2. The SMILES string of the molecule is Cc1ccc(C(N)=O)c(Nc2ccc(C(=O)O)c(F)c2)c1. The van der Waals surface area contributed by atoms with E-state index in [9.17, 15) is 14.0 Å².